The van der Waals surface area contributed by atoms with Crippen LogP contribution in [-0.4, -0.2) is 31.8 Å². The van der Waals surface area contributed by atoms with Gasteiger partial charge in [0.05, 0.1) is 53.5 Å². The molecule has 0 aliphatic heterocycles. The van der Waals surface area contributed by atoms with E-state index in [0.717, 1.165) is 0 Å². The molecule has 0 spiro atoms. The molecule has 1 heterocycles. The largest absolute Gasteiger partial charge is 0.493 e. The summed E-state index contributed by atoms with van der Waals surface area (Å²) in [6, 6.07) is 8.64. The summed E-state index contributed by atoms with van der Waals surface area (Å²) in [6.45, 7) is 1.95. The van der Waals surface area contributed by atoms with E-state index in [9.17, 15) is 4.79 Å². The number of alkyl halides is 1. The number of fused-ring (bicyclic) bond motifs is 1. The minimum Gasteiger partial charge on any atom is -0.493 e. The van der Waals surface area contributed by atoms with E-state index in [0.29, 0.717) is 49.3 Å². The van der Waals surface area contributed by atoms with Crippen LogP contribution in [0.3, 0.4) is 0 Å². The van der Waals surface area contributed by atoms with Crippen LogP contribution in [-0.2, 0) is 10.6 Å². The lowest BCUT2D eigenvalue weighted by Gasteiger charge is -2.18. The van der Waals surface area contributed by atoms with E-state index in [1.54, 1.807) is 44.4 Å². The third-order valence-electron chi connectivity index (χ3n) is 4.38. The Morgan fingerprint density at radius 3 is 2.31 bits per heavy atom. The summed E-state index contributed by atoms with van der Waals surface area (Å²) in [7, 11) is 3.08. The molecule has 0 aliphatic carbocycles. The highest BCUT2D eigenvalue weighted by atomic mass is 35.5. The molecule has 0 amide bonds. The number of hydrogen-bond acceptors (Lipinski definition) is 5. The molecule has 8 heteroatoms. The van der Waals surface area contributed by atoms with E-state index in [-0.39, 0.29) is 18.1 Å². The monoisotopic (exact) mass is 453 g/mol. The van der Waals surface area contributed by atoms with Crippen molar-refractivity contribution in [3.63, 3.8) is 0 Å². The van der Waals surface area contributed by atoms with Gasteiger partial charge in [0.1, 0.15) is 0 Å². The fourth-order valence-corrected chi connectivity index (χ4v) is 3.60. The molecule has 1 aromatic heterocycles. The van der Waals surface area contributed by atoms with Crippen LogP contribution < -0.4 is 9.47 Å². The highest BCUT2D eigenvalue weighted by Gasteiger charge is 2.24. The van der Waals surface area contributed by atoms with Gasteiger partial charge in [-0.1, -0.05) is 29.3 Å². The number of carbonyl (C=O) groups is 1. The van der Waals surface area contributed by atoms with Gasteiger partial charge in [-0.2, -0.15) is 0 Å². The molecule has 3 rings (SSSR count). The molecule has 5 nitrogen and oxygen atoms in total. The maximum atomic E-state index is 12.9. The number of carbonyl (C=O) groups excluding carboxylic acids is 1. The number of esters is 1. The van der Waals surface area contributed by atoms with Crippen molar-refractivity contribution in [3.8, 4) is 22.6 Å². The molecular weight excluding hydrogens is 437 g/mol. The molecule has 0 saturated carbocycles. The minimum absolute atomic E-state index is 0.0206. The average molecular weight is 455 g/mol. The van der Waals surface area contributed by atoms with E-state index in [1.165, 1.54) is 7.11 Å². The summed E-state index contributed by atoms with van der Waals surface area (Å²) in [5.74, 6) is 0.509. The lowest BCUT2D eigenvalue weighted by molar-refractivity contribution is 0.0526. The highest BCUT2D eigenvalue weighted by Crippen LogP contribution is 2.41. The van der Waals surface area contributed by atoms with Gasteiger partial charge in [0.2, 0.25) is 0 Å². The van der Waals surface area contributed by atoms with Crippen molar-refractivity contribution in [3.05, 3.63) is 51.6 Å². The number of ether oxygens (including phenoxy) is 3. The van der Waals surface area contributed by atoms with Gasteiger partial charge in [-0.25, -0.2) is 4.79 Å². The number of aromatic nitrogens is 1. The van der Waals surface area contributed by atoms with E-state index in [4.69, 9.17) is 49.0 Å². The summed E-state index contributed by atoms with van der Waals surface area (Å²) >= 11 is 18.5. The number of nitrogens with zero attached hydrogens (tertiary/aromatic N) is 1. The van der Waals surface area contributed by atoms with Gasteiger partial charge in [0.25, 0.3) is 0 Å². The van der Waals surface area contributed by atoms with Gasteiger partial charge in [-0.05, 0) is 30.7 Å². The summed E-state index contributed by atoms with van der Waals surface area (Å²) < 4.78 is 16.1. The molecule has 152 valence electrons. The predicted molar refractivity (Wildman–Crippen MR) is 116 cm³/mol. The van der Waals surface area contributed by atoms with Gasteiger partial charge >= 0.3 is 5.97 Å². The highest BCUT2D eigenvalue weighted by molar-refractivity contribution is 6.42. The third-order valence-corrected chi connectivity index (χ3v) is 5.37. The van der Waals surface area contributed by atoms with Gasteiger partial charge in [0.15, 0.2) is 11.5 Å². The Bertz CT molecular complexity index is 1090. The number of pyridine rings is 1. The molecule has 0 unspecified atom stereocenters. The second-order valence-electron chi connectivity index (χ2n) is 6.02. The van der Waals surface area contributed by atoms with Crippen molar-refractivity contribution in [1.29, 1.82) is 0 Å². The van der Waals surface area contributed by atoms with Crippen LogP contribution in [0.2, 0.25) is 10.0 Å². The molecular formula is C21H18Cl3NO4. The minimum atomic E-state index is -0.520. The van der Waals surface area contributed by atoms with Gasteiger partial charge in [0, 0.05) is 17.0 Å². The van der Waals surface area contributed by atoms with Gasteiger partial charge in [-0.3, -0.25) is 4.98 Å². The standard InChI is InChI=1S/C21H18Cl3NO4/c1-4-29-21(26)20-16(10-22)25-15-9-18(28-3)17(27-2)8-12(15)19(20)11-5-6-13(23)14(24)7-11/h5-9H,4,10H2,1-3H3. The second kappa shape index (κ2) is 9.08. The van der Waals surface area contributed by atoms with Crippen LogP contribution in [0, 0.1) is 0 Å². The first kappa shape index (κ1) is 21.5. The number of halogens is 3. The number of methoxy groups -OCH3 is 2. The normalized spacial score (nSPS) is 10.8. The number of rotatable bonds is 6. The Labute approximate surface area is 183 Å². The van der Waals surface area contributed by atoms with Gasteiger partial charge in [-0.15, -0.1) is 11.6 Å². The molecule has 0 aliphatic rings. The van der Waals surface area contributed by atoms with Crippen molar-refractivity contribution in [2.45, 2.75) is 12.8 Å². The first-order chi connectivity index (χ1) is 13.9. The molecule has 0 N–H and O–H groups in total. The van der Waals surface area contributed by atoms with Gasteiger partial charge < -0.3 is 14.2 Å². The maximum absolute atomic E-state index is 12.9. The molecule has 29 heavy (non-hydrogen) atoms. The quantitative estimate of drug-likeness (QED) is 0.331. The Morgan fingerprint density at radius 2 is 1.72 bits per heavy atom. The van der Waals surface area contributed by atoms with Crippen LogP contribution in [0.25, 0.3) is 22.0 Å². The molecule has 2 aromatic carbocycles. The number of hydrogen-bond donors (Lipinski definition) is 0. The molecule has 0 atom stereocenters. The first-order valence-corrected chi connectivity index (χ1v) is 10.0. The van der Waals surface area contributed by atoms with Crippen molar-refractivity contribution >= 4 is 51.7 Å². The second-order valence-corrected chi connectivity index (χ2v) is 7.10. The van der Waals surface area contributed by atoms with E-state index < -0.39 is 5.97 Å². The Hall–Kier alpha value is -2.21. The topological polar surface area (TPSA) is 57.7 Å². The lowest BCUT2D eigenvalue weighted by Crippen LogP contribution is -2.12. The summed E-state index contributed by atoms with van der Waals surface area (Å²) in [6.07, 6.45) is 0. The fourth-order valence-electron chi connectivity index (χ4n) is 3.11. The maximum Gasteiger partial charge on any atom is 0.340 e. The molecule has 0 radical (unpaired) electrons. The summed E-state index contributed by atoms with van der Waals surface area (Å²) in [5.41, 5.74) is 2.52. The van der Waals surface area contributed by atoms with Crippen molar-refractivity contribution < 1.29 is 19.0 Å². The van der Waals surface area contributed by atoms with Crippen LogP contribution in [0.1, 0.15) is 23.0 Å². The SMILES string of the molecule is CCOC(=O)c1c(CCl)nc2cc(OC)c(OC)cc2c1-c1ccc(Cl)c(Cl)c1. The van der Waals surface area contributed by atoms with Crippen LogP contribution in [0.5, 0.6) is 11.5 Å². The van der Waals surface area contributed by atoms with Crippen LogP contribution in [0.15, 0.2) is 30.3 Å². The van der Waals surface area contributed by atoms with Crippen LogP contribution >= 0.6 is 34.8 Å². The molecule has 0 fully saturated rings. The molecule has 0 bridgehead atoms. The predicted octanol–water partition coefficient (Wildman–Crippen LogP) is 6.14. The Kier molecular flexibility index (Phi) is 6.73. The molecule has 0 saturated heterocycles. The van der Waals surface area contributed by atoms with E-state index in [1.807, 2.05) is 0 Å². The Balaban J connectivity index is 2.48. The lowest BCUT2D eigenvalue weighted by atomic mass is 9.94. The zero-order valence-electron chi connectivity index (χ0n) is 16.0. The van der Waals surface area contributed by atoms with Crippen molar-refractivity contribution in [2.24, 2.45) is 0 Å². The third kappa shape index (κ3) is 4.08. The smallest absolute Gasteiger partial charge is 0.340 e. The van der Waals surface area contributed by atoms with E-state index in [2.05, 4.69) is 4.98 Å². The Morgan fingerprint density at radius 1 is 1.03 bits per heavy atom. The van der Waals surface area contributed by atoms with Crippen LogP contribution in [0.4, 0.5) is 0 Å². The van der Waals surface area contributed by atoms with Crippen molar-refractivity contribution in [2.75, 3.05) is 20.8 Å². The first-order valence-electron chi connectivity index (χ1n) is 8.72. The molecule has 3 aromatic rings. The summed E-state index contributed by atoms with van der Waals surface area (Å²) in [5, 5.41) is 1.43. The van der Waals surface area contributed by atoms with Crippen molar-refractivity contribution in [1.82, 2.24) is 4.98 Å². The average Bonchev–Trinajstić information content (AvgIpc) is 2.73. The number of benzene rings is 2. The fraction of sp³-hybridized carbons (Fsp3) is 0.238. The zero-order chi connectivity index (χ0) is 21.1. The summed E-state index contributed by atoms with van der Waals surface area (Å²) in [4.78, 5) is 17.4. The van der Waals surface area contributed by atoms with E-state index >= 15 is 0 Å². The zero-order valence-corrected chi connectivity index (χ0v) is 18.3.